The van der Waals surface area contributed by atoms with Crippen LogP contribution in [0.15, 0.2) is 0 Å². The summed E-state index contributed by atoms with van der Waals surface area (Å²) in [7, 11) is 1.40. The van der Waals surface area contributed by atoms with Gasteiger partial charge in [-0.15, -0.1) is 0 Å². The molecule has 154 valence electrons. The van der Waals surface area contributed by atoms with Crippen molar-refractivity contribution < 1.29 is 29.4 Å². The number of rotatable bonds is 8. The van der Waals surface area contributed by atoms with Crippen LogP contribution in [0.5, 0.6) is 0 Å². The predicted octanol–water partition coefficient (Wildman–Crippen LogP) is 3.10. The normalized spacial score (nSPS) is 11.6. The van der Waals surface area contributed by atoms with Crippen molar-refractivity contribution >= 4 is 114 Å². The molecular weight excluding hydrogens is 824 g/mol. The molecule has 0 aliphatic carbocycles. The molecule has 1 aromatic carbocycles. The summed E-state index contributed by atoms with van der Waals surface area (Å²) >= 11 is 7.87. The summed E-state index contributed by atoms with van der Waals surface area (Å²) in [5.41, 5.74) is 0.708. The summed E-state index contributed by atoms with van der Waals surface area (Å²) in [6, 6.07) is 0. The first-order chi connectivity index (χ1) is 12.9. The fraction of sp³-hybridized carbons (Fsp3) is 0.375. The quantitative estimate of drug-likeness (QED) is 0.274. The van der Waals surface area contributed by atoms with Crippen molar-refractivity contribution in [3.05, 3.63) is 25.4 Å². The minimum atomic E-state index is -1.12. The summed E-state index contributed by atoms with van der Waals surface area (Å²) < 4.78 is 2.19. The Hall–Kier alpha value is 0.0200. The van der Waals surface area contributed by atoms with Crippen LogP contribution < -0.4 is 5.32 Å². The zero-order valence-corrected chi connectivity index (χ0v) is 23.3. The van der Waals surface area contributed by atoms with Crippen LogP contribution in [0.2, 0.25) is 0 Å². The van der Waals surface area contributed by atoms with E-state index >= 15 is 0 Å². The molecule has 8 nitrogen and oxygen atoms in total. The maximum absolute atomic E-state index is 12.7. The molecule has 28 heavy (non-hydrogen) atoms. The van der Waals surface area contributed by atoms with Gasteiger partial charge in [0.1, 0.15) is 6.54 Å². The smallest absolute Gasteiger partial charge is 0.323 e. The average Bonchev–Trinajstić information content (AvgIpc) is 2.59. The van der Waals surface area contributed by atoms with Gasteiger partial charge in [-0.25, -0.2) is 0 Å². The molecule has 0 radical (unpaired) electrons. The van der Waals surface area contributed by atoms with Crippen LogP contribution in [-0.2, 0) is 9.59 Å². The van der Waals surface area contributed by atoms with Crippen LogP contribution in [0.4, 0.5) is 0 Å². The van der Waals surface area contributed by atoms with Gasteiger partial charge in [-0.2, -0.15) is 0 Å². The minimum Gasteiger partial charge on any atom is -0.481 e. The number of likely N-dealkylation sites (N-methyl/N-ethyl adjacent to an activating group) is 1. The van der Waals surface area contributed by atoms with E-state index in [9.17, 15) is 19.2 Å². The lowest BCUT2D eigenvalue weighted by Gasteiger charge is -2.20. The van der Waals surface area contributed by atoms with Gasteiger partial charge < -0.3 is 20.4 Å². The van der Waals surface area contributed by atoms with Crippen molar-refractivity contribution in [3.8, 4) is 0 Å². The maximum atomic E-state index is 12.7. The number of nitrogens with zero attached hydrogens (tertiary/aromatic N) is 1. The lowest BCUT2D eigenvalue weighted by molar-refractivity contribution is -0.141. The lowest BCUT2D eigenvalue weighted by Crippen LogP contribution is -2.35. The number of carbonyl (C=O) groups excluding carboxylic acids is 2. The van der Waals surface area contributed by atoms with E-state index in [1.807, 2.05) is 90.4 Å². The van der Waals surface area contributed by atoms with Crippen LogP contribution in [0.25, 0.3) is 0 Å². The third-order valence-corrected chi connectivity index (χ3v) is 10.2. The SMILES string of the molecule is CCC(CNC(=O)c1c(I)c(I)c(C(=O)N(C)CC(=O)O)c(I)c1I)C(=O)O. The molecule has 0 saturated heterocycles. The molecule has 2 amide bonds. The second-order valence-electron chi connectivity index (χ2n) is 5.71. The number of aliphatic carboxylic acids is 2. The first-order valence-corrected chi connectivity index (χ1v) is 12.1. The molecule has 1 unspecified atom stereocenters. The highest BCUT2D eigenvalue weighted by molar-refractivity contribution is 14.1. The van der Waals surface area contributed by atoms with Gasteiger partial charge in [0.2, 0.25) is 0 Å². The van der Waals surface area contributed by atoms with Crippen LogP contribution in [0, 0.1) is 20.2 Å². The number of hydrogen-bond acceptors (Lipinski definition) is 4. The van der Waals surface area contributed by atoms with E-state index in [2.05, 4.69) is 5.32 Å². The highest BCUT2D eigenvalue weighted by Gasteiger charge is 2.29. The van der Waals surface area contributed by atoms with Gasteiger partial charge in [-0.05, 0) is 96.8 Å². The number of carbonyl (C=O) groups is 4. The third kappa shape index (κ3) is 6.26. The summed E-state index contributed by atoms with van der Waals surface area (Å²) in [6.45, 7) is 1.30. The van der Waals surface area contributed by atoms with Gasteiger partial charge >= 0.3 is 11.9 Å². The summed E-state index contributed by atoms with van der Waals surface area (Å²) in [5, 5.41) is 20.7. The fourth-order valence-corrected chi connectivity index (χ4v) is 6.34. The van der Waals surface area contributed by atoms with Crippen LogP contribution >= 0.6 is 90.4 Å². The average molecular weight is 840 g/mol. The Morgan fingerprint density at radius 1 is 0.964 bits per heavy atom. The molecule has 0 spiro atoms. The summed E-state index contributed by atoms with van der Waals surface area (Å²) in [6.07, 6.45) is 0.391. The number of hydrogen-bond donors (Lipinski definition) is 3. The Labute approximate surface area is 216 Å². The van der Waals surface area contributed by atoms with Crippen LogP contribution in [0.3, 0.4) is 0 Å². The van der Waals surface area contributed by atoms with Gasteiger partial charge in [0.15, 0.2) is 0 Å². The van der Waals surface area contributed by atoms with E-state index in [0.29, 0.717) is 31.8 Å². The van der Waals surface area contributed by atoms with E-state index in [1.54, 1.807) is 6.92 Å². The Bertz CT molecular complexity index is 801. The van der Waals surface area contributed by atoms with Gasteiger partial charge in [0.05, 0.1) is 17.0 Å². The molecule has 0 aliphatic heterocycles. The zero-order valence-electron chi connectivity index (χ0n) is 14.7. The molecule has 12 heteroatoms. The first kappa shape index (κ1) is 26.1. The molecule has 0 aliphatic rings. The molecule has 3 N–H and O–H groups in total. The topological polar surface area (TPSA) is 124 Å². The third-order valence-electron chi connectivity index (χ3n) is 3.77. The Morgan fingerprint density at radius 2 is 1.43 bits per heavy atom. The van der Waals surface area contributed by atoms with Crippen LogP contribution in [-0.4, -0.2) is 59.0 Å². The largest absolute Gasteiger partial charge is 0.481 e. The van der Waals surface area contributed by atoms with Crippen molar-refractivity contribution in [1.29, 1.82) is 0 Å². The van der Waals surface area contributed by atoms with Crippen LogP contribution in [0.1, 0.15) is 34.1 Å². The molecule has 1 aromatic rings. The van der Waals surface area contributed by atoms with Crippen molar-refractivity contribution in [2.24, 2.45) is 5.92 Å². The molecule has 1 rings (SSSR count). The van der Waals surface area contributed by atoms with Gasteiger partial charge in [-0.1, -0.05) is 6.92 Å². The van der Waals surface area contributed by atoms with Gasteiger partial charge in [0.25, 0.3) is 11.8 Å². The number of carboxylic acid groups (broad SMARTS) is 2. The zero-order chi connectivity index (χ0) is 21.8. The van der Waals surface area contributed by atoms with Gasteiger partial charge in [0, 0.05) is 27.9 Å². The van der Waals surface area contributed by atoms with E-state index < -0.39 is 36.2 Å². The molecule has 0 fully saturated rings. The molecule has 0 bridgehead atoms. The fourth-order valence-electron chi connectivity index (χ4n) is 2.19. The first-order valence-electron chi connectivity index (χ1n) is 7.78. The van der Waals surface area contributed by atoms with Crippen molar-refractivity contribution in [3.63, 3.8) is 0 Å². The number of nitrogens with one attached hydrogen (secondary N) is 1. The standard InChI is InChI=1S/C16H16I4N2O6/c1-3-6(16(27)28)4-21-14(25)8-10(17)12(19)9(13(20)11(8)18)15(26)22(2)5-7(23)24/h6H,3-5H2,1-2H3,(H,21,25)(H,23,24)(H,27,28). The van der Waals surface area contributed by atoms with E-state index in [1.165, 1.54) is 7.05 Å². The monoisotopic (exact) mass is 840 g/mol. The molecule has 1 atom stereocenters. The molecular formula is C16H16I4N2O6. The second-order valence-corrected chi connectivity index (χ2v) is 10.0. The van der Waals surface area contributed by atoms with E-state index in [0.717, 1.165) is 4.90 Å². The highest BCUT2D eigenvalue weighted by atomic mass is 127. The summed E-state index contributed by atoms with van der Waals surface area (Å²) in [4.78, 5) is 48.6. The van der Waals surface area contributed by atoms with E-state index in [4.69, 9.17) is 10.2 Å². The van der Waals surface area contributed by atoms with Crippen molar-refractivity contribution in [1.82, 2.24) is 10.2 Å². The number of benzene rings is 1. The minimum absolute atomic E-state index is 0.00597. The molecule has 0 saturated carbocycles. The Balaban J connectivity index is 3.29. The van der Waals surface area contributed by atoms with Gasteiger partial charge in [-0.3, -0.25) is 19.2 Å². The molecule has 0 aromatic heterocycles. The number of amides is 2. The Kier molecular flexibility index (Phi) is 10.6. The second kappa shape index (κ2) is 11.4. The number of carboxylic acids is 2. The van der Waals surface area contributed by atoms with Crippen molar-refractivity contribution in [2.45, 2.75) is 13.3 Å². The predicted molar refractivity (Wildman–Crippen MR) is 136 cm³/mol. The highest BCUT2D eigenvalue weighted by Crippen LogP contribution is 2.33. The Morgan fingerprint density at radius 3 is 1.82 bits per heavy atom. The van der Waals surface area contributed by atoms with E-state index in [-0.39, 0.29) is 6.54 Å². The lowest BCUT2D eigenvalue weighted by atomic mass is 10.1. The summed E-state index contributed by atoms with van der Waals surface area (Å²) in [5.74, 6) is -3.63. The maximum Gasteiger partial charge on any atom is 0.323 e. The van der Waals surface area contributed by atoms with Crippen molar-refractivity contribution in [2.75, 3.05) is 20.1 Å². The number of halogens is 4. The molecule has 0 heterocycles.